The van der Waals surface area contributed by atoms with Gasteiger partial charge in [0.15, 0.2) is 0 Å². The first-order chi connectivity index (χ1) is 15.0. The quantitative estimate of drug-likeness (QED) is 0.293. The van der Waals surface area contributed by atoms with E-state index >= 15 is 0 Å². The summed E-state index contributed by atoms with van der Waals surface area (Å²) in [5.74, 6) is -0.661. The van der Waals surface area contributed by atoms with Crippen molar-refractivity contribution in [3.8, 4) is 0 Å². The molecule has 3 atom stereocenters. The highest BCUT2D eigenvalue weighted by Crippen LogP contribution is 2.48. The highest BCUT2D eigenvalue weighted by Gasteiger charge is 2.20. The van der Waals surface area contributed by atoms with Crippen LogP contribution in [-0.4, -0.2) is 32.5 Å². The van der Waals surface area contributed by atoms with Gasteiger partial charge in [0.25, 0.3) is 14.2 Å². The zero-order valence-corrected chi connectivity index (χ0v) is 21.4. The van der Waals surface area contributed by atoms with Gasteiger partial charge in [-0.2, -0.15) is 0 Å². The van der Waals surface area contributed by atoms with E-state index in [1.54, 1.807) is 13.8 Å². The molecule has 0 aliphatic rings. The van der Waals surface area contributed by atoms with Crippen LogP contribution in [0.15, 0.2) is 60.7 Å². The van der Waals surface area contributed by atoms with Crippen LogP contribution in [0.4, 0.5) is 0 Å². The van der Waals surface area contributed by atoms with Crippen LogP contribution in [0.3, 0.4) is 0 Å². The Morgan fingerprint density at radius 1 is 0.938 bits per heavy atom. The molecule has 0 aromatic heterocycles. The summed E-state index contributed by atoms with van der Waals surface area (Å²) in [5, 5.41) is 2.80. The van der Waals surface area contributed by atoms with Crippen LogP contribution in [0, 0.1) is 5.92 Å². The highest BCUT2D eigenvalue weighted by atomic mass is 35.7. The van der Waals surface area contributed by atoms with Crippen molar-refractivity contribution in [2.75, 3.05) is 26.5 Å². The predicted octanol–water partition coefficient (Wildman–Crippen LogP) is 6.08. The van der Waals surface area contributed by atoms with E-state index in [0.29, 0.717) is 13.2 Å². The summed E-state index contributed by atoms with van der Waals surface area (Å²) in [7, 11) is -2.93. The summed E-state index contributed by atoms with van der Waals surface area (Å²) in [4.78, 5) is 11.4. The van der Waals surface area contributed by atoms with Crippen molar-refractivity contribution in [1.29, 1.82) is 0 Å². The van der Waals surface area contributed by atoms with Crippen molar-refractivity contribution >= 4 is 31.5 Å². The lowest BCUT2D eigenvalue weighted by Crippen LogP contribution is -2.26. The maximum Gasteiger partial charge on any atom is 0.309 e. The average molecular weight is 504 g/mol. The van der Waals surface area contributed by atoms with Gasteiger partial charge in [-0.15, -0.1) is 0 Å². The zero-order valence-electron chi connectivity index (χ0n) is 18.9. The van der Waals surface area contributed by atoms with Crippen molar-refractivity contribution in [2.45, 2.75) is 27.1 Å². The lowest BCUT2D eigenvalue weighted by atomic mass is 10.2. The molecule has 0 bridgehead atoms. The van der Waals surface area contributed by atoms with E-state index in [9.17, 15) is 13.9 Å². The Bertz CT molecular complexity index is 892. The fourth-order valence-corrected chi connectivity index (χ4v) is 3.87. The van der Waals surface area contributed by atoms with Gasteiger partial charge in [0.2, 0.25) is 0 Å². The Hall–Kier alpha value is -1.46. The third kappa shape index (κ3) is 13.8. The van der Waals surface area contributed by atoms with Crippen LogP contribution in [0.5, 0.6) is 0 Å². The second kappa shape index (κ2) is 14.6. The first-order valence-corrected chi connectivity index (χ1v) is 15.2. The van der Waals surface area contributed by atoms with Crippen LogP contribution in [0.1, 0.15) is 25.0 Å². The van der Waals surface area contributed by atoms with E-state index < -0.39 is 14.2 Å². The fraction of sp³-hybridized carbons (Fsp3) is 0.409. The molecule has 0 fully saturated rings. The monoisotopic (exact) mass is 503 g/mol. The van der Waals surface area contributed by atoms with Crippen LogP contribution in [0.2, 0.25) is 0 Å². The summed E-state index contributed by atoms with van der Waals surface area (Å²) in [5.41, 5.74) is 1.93. The largest absolute Gasteiger partial charge is 0.466 e. The number of carbonyl (C=O) groups is 1. The van der Waals surface area contributed by atoms with Gasteiger partial charge in [-0.1, -0.05) is 67.6 Å². The minimum Gasteiger partial charge on any atom is -0.466 e. The molecule has 32 heavy (non-hydrogen) atoms. The molecule has 10 heteroatoms. The number of benzene rings is 2. The van der Waals surface area contributed by atoms with Gasteiger partial charge in [-0.3, -0.25) is 13.9 Å². The molecule has 0 amide bonds. The number of nitrogens with one attached hydrogen (secondary N) is 1. The molecule has 0 saturated carbocycles. The number of esters is 1. The van der Waals surface area contributed by atoms with Crippen LogP contribution >= 0.6 is 25.5 Å². The molecule has 0 aliphatic carbocycles. The Labute approximate surface area is 195 Å². The molecule has 7 nitrogen and oxygen atoms in total. The summed E-state index contributed by atoms with van der Waals surface area (Å²) in [6.45, 7) is 4.70. The lowest BCUT2D eigenvalue weighted by Gasteiger charge is -2.17. The molecule has 0 aliphatic heterocycles. The summed E-state index contributed by atoms with van der Waals surface area (Å²) in [6, 6.07) is 19.0. The van der Waals surface area contributed by atoms with E-state index in [0.717, 1.165) is 11.1 Å². The molecule has 0 spiro atoms. The topological polar surface area (TPSA) is 90.9 Å². The molecule has 178 valence electrons. The number of hydrogen-bond acceptors (Lipinski definition) is 6. The van der Waals surface area contributed by atoms with Gasteiger partial charge in [0, 0.05) is 19.9 Å². The standard InChI is InChI=1S/C14H22NO4P.C8H10ClO2P/c1-4-18-14(16)12(2)10-15-20(3,17)19-11-13-8-6-5-7-9-13;1-12(9,10)11-7-8-5-3-2-4-6-8/h5-9,12H,4,10-11H2,1-3H3,(H,15,17);2-6H,7H2,1H3. The zero-order chi connectivity index (χ0) is 24.0. The molecule has 1 N–H and O–H groups in total. The van der Waals surface area contributed by atoms with E-state index in [4.69, 9.17) is 25.0 Å². The summed E-state index contributed by atoms with van der Waals surface area (Å²) < 4.78 is 38.3. The number of carbonyl (C=O) groups excluding carboxylic acids is 1. The molecule has 0 saturated heterocycles. The van der Waals surface area contributed by atoms with Crippen LogP contribution in [-0.2, 0) is 40.9 Å². The number of ether oxygens (including phenoxy) is 1. The van der Waals surface area contributed by atoms with Gasteiger partial charge in [-0.25, -0.2) is 5.09 Å². The first-order valence-electron chi connectivity index (χ1n) is 10.2. The molecular formula is C22H32ClNO6P2. The Balaban J connectivity index is 0.000000363. The van der Waals surface area contributed by atoms with Crippen molar-refractivity contribution in [1.82, 2.24) is 5.09 Å². The highest BCUT2D eigenvalue weighted by molar-refractivity contribution is 7.84. The van der Waals surface area contributed by atoms with Crippen molar-refractivity contribution in [3.63, 3.8) is 0 Å². The van der Waals surface area contributed by atoms with Gasteiger partial charge in [0.05, 0.1) is 25.7 Å². The molecular weight excluding hydrogens is 472 g/mol. The smallest absolute Gasteiger partial charge is 0.309 e. The van der Waals surface area contributed by atoms with Crippen molar-refractivity contribution < 1.29 is 27.7 Å². The Morgan fingerprint density at radius 2 is 1.41 bits per heavy atom. The van der Waals surface area contributed by atoms with Gasteiger partial charge in [-0.05, 0) is 29.3 Å². The van der Waals surface area contributed by atoms with Crippen molar-refractivity contribution in [3.05, 3.63) is 71.8 Å². The number of hydrogen-bond donors (Lipinski definition) is 1. The summed E-state index contributed by atoms with van der Waals surface area (Å²) in [6.07, 6.45) is 0. The molecule has 2 aromatic rings. The third-order valence-corrected chi connectivity index (χ3v) is 6.26. The third-order valence-electron chi connectivity index (χ3n) is 4.00. The van der Waals surface area contributed by atoms with E-state index in [2.05, 4.69) is 5.09 Å². The normalized spacial score (nSPS) is 15.4. The first kappa shape index (κ1) is 28.6. The minimum absolute atomic E-state index is 0.265. The molecule has 0 radical (unpaired) electrons. The van der Waals surface area contributed by atoms with Crippen molar-refractivity contribution in [2.24, 2.45) is 5.92 Å². The predicted molar refractivity (Wildman–Crippen MR) is 129 cm³/mol. The van der Waals surface area contributed by atoms with E-state index in [1.165, 1.54) is 13.3 Å². The molecule has 2 rings (SSSR count). The molecule has 3 unspecified atom stereocenters. The Kier molecular flexibility index (Phi) is 13.1. The molecule has 0 heterocycles. The second-order valence-corrected chi connectivity index (χ2v) is 13.0. The minimum atomic E-state index is -2.93. The number of rotatable bonds is 11. The van der Waals surface area contributed by atoms with Crippen LogP contribution in [0.25, 0.3) is 0 Å². The SMILES string of the molecule is CCOC(=O)C(C)CNP(C)(=O)OCc1ccccc1.CP(=O)(Cl)OCc1ccccc1. The molecule has 2 aromatic carbocycles. The lowest BCUT2D eigenvalue weighted by molar-refractivity contribution is -0.147. The van der Waals surface area contributed by atoms with Gasteiger partial charge >= 0.3 is 5.97 Å². The van der Waals surface area contributed by atoms with E-state index in [1.807, 2.05) is 60.7 Å². The van der Waals surface area contributed by atoms with Gasteiger partial charge < -0.3 is 13.8 Å². The summed E-state index contributed by atoms with van der Waals surface area (Å²) >= 11 is 5.42. The van der Waals surface area contributed by atoms with Gasteiger partial charge in [0.1, 0.15) is 0 Å². The number of halogens is 1. The van der Waals surface area contributed by atoms with Crippen LogP contribution < -0.4 is 5.09 Å². The maximum absolute atomic E-state index is 12.2. The van der Waals surface area contributed by atoms with E-state index in [-0.39, 0.29) is 25.0 Å². The second-order valence-electron chi connectivity index (χ2n) is 7.13. The average Bonchev–Trinajstić information content (AvgIpc) is 2.76. The fourth-order valence-electron chi connectivity index (χ4n) is 2.25. The Morgan fingerprint density at radius 3 is 1.84 bits per heavy atom. The maximum atomic E-state index is 12.2.